The number of hydrogen-bond donors (Lipinski definition) is 0. The van der Waals surface area contributed by atoms with Gasteiger partial charge < -0.3 is 14.4 Å². The molecule has 78 valence electrons. The highest BCUT2D eigenvalue weighted by atomic mass is 16.5. The number of carbonyl (C=O) groups excluding carboxylic acids is 1. The highest BCUT2D eigenvalue weighted by Crippen LogP contribution is 2.16. The van der Waals surface area contributed by atoms with Gasteiger partial charge in [0.1, 0.15) is 5.68 Å². The number of hydrogen-bond acceptors (Lipinski definition) is 3. The van der Waals surface area contributed by atoms with Gasteiger partial charge in [0.15, 0.2) is 7.85 Å². The molecule has 0 N–H and O–H groups in total. The highest BCUT2D eigenvalue weighted by Gasteiger charge is 2.10. The topological polar surface area (TPSA) is 29.5 Å². The van der Waals surface area contributed by atoms with Crippen LogP contribution >= 0.6 is 0 Å². The van der Waals surface area contributed by atoms with E-state index >= 15 is 0 Å². The van der Waals surface area contributed by atoms with Gasteiger partial charge in [0.2, 0.25) is 0 Å². The standard InChI is InChI=1S/C11H14BNO2/c12-11(14)9-1-3-10(4-2-9)13-5-7-15-8-6-13/h1-4H,5-8,12H2. The highest BCUT2D eigenvalue weighted by molar-refractivity contribution is 6.62. The first-order chi connectivity index (χ1) is 7.27. The first-order valence-corrected chi connectivity index (χ1v) is 5.21. The monoisotopic (exact) mass is 203 g/mol. The molecular formula is C11H14BNO2. The van der Waals surface area contributed by atoms with E-state index in [1.54, 1.807) is 7.85 Å². The van der Waals surface area contributed by atoms with Crippen LogP contribution in [-0.2, 0) is 4.74 Å². The number of nitrogens with zero attached hydrogens (tertiary/aromatic N) is 1. The molecule has 0 bridgehead atoms. The van der Waals surface area contributed by atoms with Crippen molar-refractivity contribution in [3.8, 4) is 0 Å². The summed E-state index contributed by atoms with van der Waals surface area (Å²) in [7, 11) is 1.59. The van der Waals surface area contributed by atoms with Gasteiger partial charge in [-0.15, -0.1) is 0 Å². The molecule has 0 spiro atoms. The zero-order chi connectivity index (χ0) is 10.7. The van der Waals surface area contributed by atoms with Crippen molar-refractivity contribution < 1.29 is 9.53 Å². The van der Waals surface area contributed by atoms with Crippen LogP contribution in [0.15, 0.2) is 24.3 Å². The fourth-order valence-electron chi connectivity index (χ4n) is 1.73. The second kappa shape index (κ2) is 4.49. The quantitative estimate of drug-likeness (QED) is 0.647. The zero-order valence-electron chi connectivity index (χ0n) is 8.90. The molecule has 0 aliphatic carbocycles. The fraction of sp³-hybridized carbons (Fsp3) is 0.364. The number of ether oxygens (including phenoxy) is 1. The van der Waals surface area contributed by atoms with Gasteiger partial charge >= 0.3 is 0 Å². The fourth-order valence-corrected chi connectivity index (χ4v) is 1.73. The summed E-state index contributed by atoms with van der Waals surface area (Å²) in [6.07, 6.45) is 0. The Hall–Kier alpha value is -1.29. The van der Waals surface area contributed by atoms with E-state index in [0.717, 1.165) is 31.9 Å². The van der Waals surface area contributed by atoms with E-state index in [-0.39, 0.29) is 5.68 Å². The number of benzene rings is 1. The lowest BCUT2D eigenvalue weighted by Crippen LogP contribution is -2.36. The van der Waals surface area contributed by atoms with E-state index in [1.807, 2.05) is 24.3 Å². The van der Waals surface area contributed by atoms with Crippen LogP contribution < -0.4 is 4.90 Å². The van der Waals surface area contributed by atoms with Crippen LogP contribution in [0.1, 0.15) is 10.4 Å². The first-order valence-electron chi connectivity index (χ1n) is 5.21. The molecule has 1 heterocycles. The minimum atomic E-state index is 0.114. The molecule has 1 aliphatic heterocycles. The molecular weight excluding hydrogens is 189 g/mol. The zero-order valence-corrected chi connectivity index (χ0v) is 8.90. The summed E-state index contributed by atoms with van der Waals surface area (Å²) in [5, 5.41) is 0. The molecule has 1 aromatic carbocycles. The number of rotatable bonds is 2. The van der Waals surface area contributed by atoms with Crippen molar-refractivity contribution in [1.82, 2.24) is 0 Å². The third-order valence-corrected chi connectivity index (χ3v) is 2.65. The van der Waals surface area contributed by atoms with Crippen molar-refractivity contribution in [3.63, 3.8) is 0 Å². The maximum Gasteiger partial charge on any atom is 0.193 e. The lowest BCUT2D eigenvalue weighted by molar-refractivity contribution is 0.108. The molecule has 0 saturated carbocycles. The molecule has 1 aromatic rings. The van der Waals surface area contributed by atoms with E-state index < -0.39 is 0 Å². The summed E-state index contributed by atoms with van der Waals surface area (Å²) in [5.74, 6) is 0. The smallest absolute Gasteiger partial charge is 0.193 e. The lowest BCUT2D eigenvalue weighted by Gasteiger charge is -2.28. The molecule has 3 nitrogen and oxygen atoms in total. The molecule has 0 unspecified atom stereocenters. The average Bonchev–Trinajstić information content (AvgIpc) is 2.30. The maximum absolute atomic E-state index is 11.1. The summed E-state index contributed by atoms with van der Waals surface area (Å²) < 4.78 is 5.29. The van der Waals surface area contributed by atoms with E-state index in [4.69, 9.17) is 4.74 Å². The minimum Gasteiger partial charge on any atom is -0.378 e. The maximum atomic E-state index is 11.1. The van der Waals surface area contributed by atoms with Crippen molar-refractivity contribution in [1.29, 1.82) is 0 Å². The Morgan fingerprint density at radius 3 is 2.33 bits per heavy atom. The molecule has 0 radical (unpaired) electrons. The Labute approximate surface area is 90.4 Å². The Morgan fingerprint density at radius 2 is 1.80 bits per heavy atom. The summed E-state index contributed by atoms with van der Waals surface area (Å²) in [6, 6.07) is 7.77. The third kappa shape index (κ3) is 2.39. The second-order valence-electron chi connectivity index (χ2n) is 3.70. The Balaban J connectivity index is 2.11. The summed E-state index contributed by atoms with van der Waals surface area (Å²) in [6.45, 7) is 3.43. The molecule has 4 heteroatoms. The first kappa shape index (κ1) is 10.2. The van der Waals surface area contributed by atoms with Crippen molar-refractivity contribution in [2.24, 2.45) is 0 Å². The van der Waals surface area contributed by atoms with Gasteiger partial charge in [0, 0.05) is 24.3 Å². The van der Waals surface area contributed by atoms with Crippen LogP contribution in [0.25, 0.3) is 0 Å². The molecule has 15 heavy (non-hydrogen) atoms. The van der Waals surface area contributed by atoms with Crippen LogP contribution in [-0.4, -0.2) is 39.8 Å². The Morgan fingerprint density at radius 1 is 1.20 bits per heavy atom. The average molecular weight is 203 g/mol. The summed E-state index contributed by atoms with van der Waals surface area (Å²) in [5.41, 5.74) is 2.05. The van der Waals surface area contributed by atoms with Crippen molar-refractivity contribution >= 4 is 19.2 Å². The van der Waals surface area contributed by atoms with E-state index in [1.165, 1.54) is 5.69 Å². The van der Waals surface area contributed by atoms with Gasteiger partial charge in [-0.1, -0.05) is 12.1 Å². The van der Waals surface area contributed by atoms with Crippen molar-refractivity contribution in [3.05, 3.63) is 29.8 Å². The van der Waals surface area contributed by atoms with E-state index in [0.29, 0.717) is 0 Å². The molecule has 1 fully saturated rings. The van der Waals surface area contributed by atoms with Gasteiger partial charge in [0.25, 0.3) is 0 Å². The van der Waals surface area contributed by atoms with Gasteiger partial charge in [0.05, 0.1) is 13.2 Å². The number of morpholine rings is 1. The molecule has 2 rings (SSSR count). The van der Waals surface area contributed by atoms with Crippen LogP contribution in [0.5, 0.6) is 0 Å². The van der Waals surface area contributed by atoms with Crippen LogP contribution in [0.2, 0.25) is 0 Å². The van der Waals surface area contributed by atoms with Gasteiger partial charge in [-0.2, -0.15) is 0 Å². The van der Waals surface area contributed by atoms with Crippen molar-refractivity contribution in [2.75, 3.05) is 31.2 Å². The molecule has 0 amide bonds. The van der Waals surface area contributed by atoms with E-state index in [9.17, 15) is 4.79 Å². The minimum absolute atomic E-state index is 0.114. The van der Waals surface area contributed by atoms with E-state index in [2.05, 4.69) is 4.90 Å². The third-order valence-electron chi connectivity index (χ3n) is 2.65. The Bertz CT molecular complexity index is 344. The SMILES string of the molecule is BC(=O)c1ccc(N2CCOCC2)cc1. The lowest BCUT2D eigenvalue weighted by atomic mass is 9.95. The normalized spacial score (nSPS) is 16.4. The predicted octanol–water partition coefficient (Wildman–Crippen LogP) is 0.296. The van der Waals surface area contributed by atoms with Gasteiger partial charge in [-0.3, -0.25) is 0 Å². The molecule has 1 aliphatic rings. The van der Waals surface area contributed by atoms with Crippen LogP contribution in [0.4, 0.5) is 5.69 Å². The summed E-state index contributed by atoms with van der Waals surface area (Å²) >= 11 is 0. The van der Waals surface area contributed by atoms with Crippen LogP contribution in [0, 0.1) is 0 Å². The molecule has 0 aromatic heterocycles. The van der Waals surface area contributed by atoms with Crippen molar-refractivity contribution in [2.45, 2.75) is 0 Å². The Kier molecular flexibility index (Phi) is 3.06. The predicted molar refractivity (Wildman–Crippen MR) is 62.3 cm³/mol. The number of carbonyl (C=O) groups is 1. The second-order valence-corrected chi connectivity index (χ2v) is 3.70. The largest absolute Gasteiger partial charge is 0.378 e. The van der Waals surface area contributed by atoms with Gasteiger partial charge in [-0.25, -0.2) is 0 Å². The molecule has 0 atom stereocenters. The van der Waals surface area contributed by atoms with Gasteiger partial charge in [-0.05, 0) is 12.1 Å². The number of anilines is 1. The van der Waals surface area contributed by atoms with Crippen LogP contribution in [0.3, 0.4) is 0 Å². The molecule has 1 saturated heterocycles. The summed E-state index contributed by atoms with van der Waals surface area (Å²) in [4.78, 5) is 13.4.